The molecule has 1 aromatic carbocycles. The van der Waals surface area contributed by atoms with E-state index in [1.54, 1.807) is 0 Å². The molecule has 2 aromatic rings. The highest BCUT2D eigenvalue weighted by molar-refractivity contribution is 5.68. The minimum Gasteiger partial charge on any atom is -0.507 e. The van der Waals surface area contributed by atoms with Crippen LogP contribution in [0.5, 0.6) is 11.5 Å². The summed E-state index contributed by atoms with van der Waals surface area (Å²) in [6.45, 7) is 0.106. The molecule has 0 aliphatic heterocycles. The molecular weight excluding hydrogens is 236 g/mol. The van der Waals surface area contributed by atoms with Crippen molar-refractivity contribution in [1.29, 1.82) is 5.26 Å². The van der Waals surface area contributed by atoms with Gasteiger partial charge in [0.1, 0.15) is 17.6 Å². The van der Waals surface area contributed by atoms with Crippen molar-refractivity contribution in [1.82, 2.24) is 10.1 Å². The molecule has 92 valence electrons. The topological polar surface area (TPSA) is 118 Å². The number of phenols is 1. The normalized spacial score (nSPS) is 10.1. The summed E-state index contributed by atoms with van der Waals surface area (Å²) in [6, 6.07) is 4.71. The molecule has 18 heavy (non-hydrogen) atoms. The maximum atomic E-state index is 9.84. The summed E-state index contributed by atoms with van der Waals surface area (Å²) >= 11 is 0. The number of hydrogen-bond acceptors (Lipinski definition) is 7. The summed E-state index contributed by atoms with van der Waals surface area (Å²) in [6.07, 6.45) is 0. The van der Waals surface area contributed by atoms with Crippen LogP contribution in [-0.2, 0) is 6.54 Å². The number of phenolic OH excluding ortho intramolecular Hbond substituents is 1. The zero-order valence-corrected chi connectivity index (χ0v) is 9.54. The zero-order valence-electron chi connectivity index (χ0n) is 9.54. The molecule has 1 heterocycles. The van der Waals surface area contributed by atoms with Gasteiger partial charge < -0.3 is 20.1 Å². The molecule has 2 rings (SSSR count). The van der Waals surface area contributed by atoms with Gasteiger partial charge in [-0.05, 0) is 6.07 Å². The van der Waals surface area contributed by atoms with Gasteiger partial charge in [-0.25, -0.2) is 0 Å². The van der Waals surface area contributed by atoms with Crippen LogP contribution in [0.2, 0.25) is 0 Å². The lowest BCUT2D eigenvalue weighted by molar-refractivity contribution is 0.380. The van der Waals surface area contributed by atoms with Gasteiger partial charge in [0.2, 0.25) is 11.7 Å². The van der Waals surface area contributed by atoms with Gasteiger partial charge in [0, 0.05) is 6.07 Å². The average Bonchev–Trinajstić information content (AvgIpc) is 2.86. The predicted octanol–water partition coefficient (Wildman–Crippen LogP) is 0.781. The number of nitriles is 1. The second-order valence-corrected chi connectivity index (χ2v) is 3.40. The predicted molar refractivity (Wildman–Crippen MR) is 60.6 cm³/mol. The highest BCUT2D eigenvalue weighted by atomic mass is 16.5. The lowest BCUT2D eigenvalue weighted by atomic mass is 10.1. The van der Waals surface area contributed by atoms with E-state index >= 15 is 0 Å². The van der Waals surface area contributed by atoms with Crippen LogP contribution in [0.3, 0.4) is 0 Å². The Kier molecular flexibility index (Phi) is 3.12. The molecule has 0 atom stereocenters. The lowest BCUT2D eigenvalue weighted by Gasteiger charge is -2.05. The van der Waals surface area contributed by atoms with Gasteiger partial charge in [0.05, 0.1) is 24.8 Å². The Morgan fingerprint density at radius 3 is 2.89 bits per heavy atom. The van der Waals surface area contributed by atoms with Gasteiger partial charge in [-0.3, -0.25) is 0 Å². The highest BCUT2D eigenvalue weighted by Gasteiger charge is 2.15. The first-order valence-corrected chi connectivity index (χ1v) is 5.03. The van der Waals surface area contributed by atoms with Crippen molar-refractivity contribution in [2.45, 2.75) is 6.54 Å². The van der Waals surface area contributed by atoms with Crippen LogP contribution < -0.4 is 10.5 Å². The molecule has 3 N–H and O–H groups in total. The summed E-state index contributed by atoms with van der Waals surface area (Å²) in [5, 5.41) is 22.5. The average molecular weight is 246 g/mol. The number of hydrogen-bond donors (Lipinski definition) is 2. The molecule has 0 saturated carbocycles. The van der Waals surface area contributed by atoms with Crippen molar-refractivity contribution in [3.05, 3.63) is 23.6 Å². The Morgan fingerprint density at radius 2 is 2.33 bits per heavy atom. The van der Waals surface area contributed by atoms with Crippen LogP contribution in [0, 0.1) is 11.3 Å². The van der Waals surface area contributed by atoms with Crippen molar-refractivity contribution in [2.24, 2.45) is 5.73 Å². The number of nitrogens with zero attached hydrogens (tertiary/aromatic N) is 3. The third-order valence-corrected chi connectivity index (χ3v) is 2.32. The van der Waals surface area contributed by atoms with Gasteiger partial charge in [-0.2, -0.15) is 10.2 Å². The van der Waals surface area contributed by atoms with Crippen molar-refractivity contribution in [3.63, 3.8) is 0 Å². The van der Waals surface area contributed by atoms with E-state index in [4.69, 9.17) is 20.3 Å². The molecule has 0 aliphatic carbocycles. The van der Waals surface area contributed by atoms with Gasteiger partial charge >= 0.3 is 0 Å². The second-order valence-electron chi connectivity index (χ2n) is 3.40. The van der Waals surface area contributed by atoms with Crippen LogP contribution >= 0.6 is 0 Å². The number of rotatable bonds is 3. The SMILES string of the molecule is COc1cc(O)c(-c2noc(CN)n2)cc1C#N. The molecular formula is C11H10N4O3. The van der Waals surface area contributed by atoms with Gasteiger partial charge in [-0.1, -0.05) is 5.16 Å². The Bertz CT molecular complexity index is 615. The van der Waals surface area contributed by atoms with E-state index in [0.29, 0.717) is 0 Å². The fourth-order valence-corrected chi connectivity index (χ4v) is 1.45. The lowest BCUT2D eigenvalue weighted by Crippen LogP contribution is -1.96. The van der Waals surface area contributed by atoms with Gasteiger partial charge in [0.25, 0.3) is 0 Å². The van der Waals surface area contributed by atoms with Crippen molar-refractivity contribution < 1.29 is 14.4 Å². The summed E-state index contributed by atoms with van der Waals surface area (Å²) in [5.74, 6) is 0.599. The number of methoxy groups -OCH3 is 1. The molecule has 0 spiro atoms. The van der Waals surface area contributed by atoms with Crippen molar-refractivity contribution >= 4 is 0 Å². The largest absolute Gasteiger partial charge is 0.507 e. The smallest absolute Gasteiger partial charge is 0.240 e. The summed E-state index contributed by atoms with van der Waals surface area (Å²) in [5.41, 5.74) is 5.91. The van der Waals surface area contributed by atoms with E-state index in [9.17, 15) is 5.11 Å². The fourth-order valence-electron chi connectivity index (χ4n) is 1.45. The van der Waals surface area contributed by atoms with Crippen LogP contribution in [0.25, 0.3) is 11.4 Å². The zero-order chi connectivity index (χ0) is 13.1. The third kappa shape index (κ3) is 1.97. The molecule has 0 amide bonds. The maximum absolute atomic E-state index is 9.84. The monoisotopic (exact) mass is 246 g/mol. The minimum absolute atomic E-state index is 0.102. The van der Waals surface area contributed by atoms with Gasteiger partial charge in [0.15, 0.2) is 0 Å². The number of benzene rings is 1. The van der Waals surface area contributed by atoms with E-state index in [-0.39, 0.29) is 40.9 Å². The number of aromatic nitrogens is 2. The Labute approximate surface area is 102 Å². The standard InChI is InChI=1S/C11H10N4O3/c1-17-9-3-8(16)7(2-6(9)4-12)11-14-10(5-13)18-15-11/h2-3,16H,5,13H2,1H3. The van der Waals surface area contributed by atoms with E-state index < -0.39 is 0 Å². The Morgan fingerprint density at radius 1 is 1.56 bits per heavy atom. The van der Waals surface area contributed by atoms with Crippen LogP contribution in [0.4, 0.5) is 0 Å². The first kappa shape index (κ1) is 11.9. The molecule has 1 aromatic heterocycles. The molecule has 7 nitrogen and oxygen atoms in total. The van der Waals surface area contributed by atoms with Crippen LogP contribution in [0.1, 0.15) is 11.5 Å². The van der Waals surface area contributed by atoms with Crippen molar-refractivity contribution in [3.8, 4) is 29.0 Å². The second kappa shape index (κ2) is 4.73. The maximum Gasteiger partial charge on any atom is 0.240 e. The van der Waals surface area contributed by atoms with Gasteiger partial charge in [-0.15, -0.1) is 0 Å². The Hall–Kier alpha value is -2.59. The third-order valence-electron chi connectivity index (χ3n) is 2.32. The van der Waals surface area contributed by atoms with Crippen LogP contribution in [-0.4, -0.2) is 22.4 Å². The van der Waals surface area contributed by atoms with E-state index in [1.165, 1.54) is 19.2 Å². The van der Waals surface area contributed by atoms with Crippen molar-refractivity contribution in [2.75, 3.05) is 7.11 Å². The highest BCUT2D eigenvalue weighted by Crippen LogP contribution is 2.33. The fraction of sp³-hybridized carbons (Fsp3) is 0.182. The molecule has 0 aliphatic rings. The summed E-state index contributed by atoms with van der Waals surface area (Å²) in [4.78, 5) is 3.98. The van der Waals surface area contributed by atoms with E-state index in [1.807, 2.05) is 6.07 Å². The number of aromatic hydroxyl groups is 1. The first-order chi connectivity index (χ1) is 8.69. The molecule has 0 radical (unpaired) electrons. The van der Waals surface area contributed by atoms with E-state index in [0.717, 1.165) is 0 Å². The first-order valence-electron chi connectivity index (χ1n) is 5.03. The molecule has 0 saturated heterocycles. The van der Waals surface area contributed by atoms with E-state index in [2.05, 4.69) is 10.1 Å². The van der Waals surface area contributed by atoms with Crippen LogP contribution in [0.15, 0.2) is 16.7 Å². The Balaban J connectivity index is 2.54. The molecule has 7 heteroatoms. The molecule has 0 unspecified atom stereocenters. The molecule has 0 bridgehead atoms. The molecule has 0 fully saturated rings. The quantitative estimate of drug-likeness (QED) is 0.821. The summed E-state index contributed by atoms with van der Waals surface area (Å²) in [7, 11) is 1.41. The number of ether oxygens (including phenoxy) is 1. The summed E-state index contributed by atoms with van der Waals surface area (Å²) < 4.78 is 9.81. The number of nitrogens with two attached hydrogens (primary N) is 1. The minimum atomic E-state index is -0.102.